The Morgan fingerprint density at radius 1 is 1.38 bits per heavy atom. The quantitative estimate of drug-likeness (QED) is 0.872. The lowest BCUT2D eigenvalue weighted by molar-refractivity contribution is -0.122. The van der Waals surface area contributed by atoms with E-state index in [0.29, 0.717) is 37.7 Å². The second-order valence-electron chi connectivity index (χ2n) is 6.90. The third-order valence-corrected chi connectivity index (χ3v) is 5.15. The number of nitrogens with one attached hydrogen (secondary N) is 1. The van der Waals surface area contributed by atoms with Crippen LogP contribution in [0, 0.1) is 5.92 Å². The van der Waals surface area contributed by atoms with Crippen molar-refractivity contribution in [1.29, 1.82) is 0 Å². The minimum Gasteiger partial charge on any atom is -0.381 e. The lowest BCUT2D eigenvalue weighted by Gasteiger charge is -2.38. The maximum atomic E-state index is 13.1. The van der Waals surface area contributed by atoms with Crippen LogP contribution in [0.15, 0.2) is 36.8 Å². The fourth-order valence-electron chi connectivity index (χ4n) is 3.92. The number of hydrogen-bond donors (Lipinski definition) is 1. The first-order valence-corrected chi connectivity index (χ1v) is 8.69. The maximum absolute atomic E-state index is 13.1. The summed E-state index contributed by atoms with van der Waals surface area (Å²) in [6, 6.07) is 5.25. The first kappa shape index (κ1) is 16.7. The summed E-state index contributed by atoms with van der Waals surface area (Å²) in [6.45, 7) is 3.73. The third-order valence-electron chi connectivity index (χ3n) is 5.15. The van der Waals surface area contributed by atoms with Crippen LogP contribution in [0.2, 0.25) is 0 Å². The number of carbonyl (C=O) groups excluding carboxylic acids is 2. The Labute approximate surface area is 151 Å². The third kappa shape index (κ3) is 2.96. The zero-order valence-corrected chi connectivity index (χ0v) is 14.6. The summed E-state index contributed by atoms with van der Waals surface area (Å²) in [5.41, 5.74) is 0.167. The largest absolute Gasteiger partial charge is 0.381 e. The molecule has 1 N–H and O–H groups in total. The molecule has 0 spiro atoms. The molecule has 0 aliphatic carbocycles. The van der Waals surface area contributed by atoms with E-state index >= 15 is 0 Å². The highest BCUT2D eigenvalue weighted by atomic mass is 16.5. The molecule has 2 aromatic rings. The molecule has 2 atom stereocenters. The van der Waals surface area contributed by atoms with Crippen LogP contribution in [0.25, 0.3) is 5.82 Å². The van der Waals surface area contributed by atoms with Gasteiger partial charge in [0.15, 0.2) is 5.82 Å². The van der Waals surface area contributed by atoms with Crippen LogP contribution < -0.4 is 5.32 Å². The summed E-state index contributed by atoms with van der Waals surface area (Å²) in [7, 11) is 0. The second kappa shape index (κ2) is 6.53. The van der Waals surface area contributed by atoms with Gasteiger partial charge in [-0.3, -0.25) is 9.59 Å². The number of likely N-dealkylation sites (tertiary alicyclic amines) is 1. The average molecular weight is 355 g/mol. The number of aromatic nitrogens is 3. The zero-order valence-electron chi connectivity index (χ0n) is 14.6. The molecule has 4 rings (SSSR count). The van der Waals surface area contributed by atoms with Gasteiger partial charge < -0.3 is 15.0 Å². The van der Waals surface area contributed by atoms with Crippen LogP contribution >= 0.6 is 0 Å². The van der Waals surface area contributed by atoms with E-state index in [1.807, 2.05) is 0 Å². The van der Waals surface area contributed by atoms with Gasteiger partial charge in [-0.1, -0.05) is 0 Å². The Balaban J connectivity index is 1.57. The summed E-state index contributed by atoms with van der Waals surface area (Å²) in [4.78, 5) is 30.8. The van der Waals surface area contributed by atoms with Crippen molar-refractivity contribution >= 4 is 11.8 Å². The number of rotatable bonds is 3. The van der Waals surface area contributed by atoms with E-state index in [2.05, 4.69) is 15.4 Å². The predicted molar refractivity (Wildman–Crippen MR) is 92.7 cm³/mol. The van der Waals surface area contributed by atoms with Crippen LogP contribution in [-0.4, -0.2) is 63.3 Å². The van der Waals surface area contributed by atoms with Gasteiger partial charge in [-0.15, -0.1) is 0 Å². The molecular formula is C18H21N5O3. The Kier molecular flexibility index (Phi) is 4.20. The van der Waals surface area contributed by atoms with Crippen molar-refractivity contribution in [1.82, 2.24) is 25.0 Å². The number of hydrogen-bond acceptors (Lipinski definition) is 5. The Hall–Kier alpha value is -2.74. The molecule has 2 aliphatic rings. The summed E-state index contributed by atoms with van der Waals surface area (Å²) >= 11 is 0. The number of carbonyl (C=O) groups is 2. The van der Waals surface area contributed by atoms with Crippen molar-refractivity contribution in [2.75, 3.05) is 26.3 Å². The molecule has 26 heavy (non-hydrogen) atoms. The number of nitrogens with zero attached hydrogens (tertiary/aromatic N) is 4. The van der Waals surface area contributed by atoms with Crippen molar-refractivity contribution in [2.45, 2.75) is 18.9 Å². The van der Waals surface area contributed by atoms with E-state index in [0.717, 1.165) is 6.42 Å². The highest BCUT2D eigenvalue weighted by Crippen LogP contribution is 2.35. The average Bonchev–Trinajstić information content (AvgIpc) is 3.28. The molecule has 0 radical (unpaired) electrons. The van der Waals surface area contributed by atoms with Gasteiger partial charge in [0.25, 0.3) is 5.91 Å². The van der Waals surface area contributed by atoms with Gasteiger partial charge in [-0.05, 0) is 24.6 Å². The summed E-state index contributed by atoms with van der Waals surface area (Å²) in [6.07, 6.45) is 5.78. The summed E-state index contributed by atoms with van der Waals surface area (Å²) in [5.74, 6) is 0.560. The van der Waals surface area contributed by atoms with Gasteiger partial charge >= 0.3 is 0 Å². The van der Waals surface area contributed by atoms with Crippen LogP contribution in [-0.2, 0) is 9.53 Å². The molecule has 2 aromatic heterocycles. The van der Waals surface area contributed by atoms with Crippen molar-refractivity contribution in [2.24, 2.45) is 5.92 Å². The van der Waals surface area contributed by atoms with E-state index in [9.17, 15) is 9.59 Å². The minimum atomic E-state index is -0.391. The van der Waals surface area contributed by atoms with E-state index in [4.69, 9.17) is 4.74 Å². The molecular weight excluding hydrogens is 334 g/mol. The van der Waals surface area contributed by atoms with Crippen LogP contribution in [0.3, 0.4) is 0 Å². The molecule has 8 nitrogen and oxygen atoms in total. The summed E-state index contributed by atoms with van der Waals surface area (Å²) < 4.78 is 7.20. The Morgan fingerprint density at radius 3 is 3.04 bits per heavy atom. The first-order valence-electron chi connectivity index (χ1n) is 8.69. The molecule has 136 valence electrons. The van der Waals surface area contributed by atoms with E-state index in [1.165, 1.54) is 6.92 Å². The van der Waals surface area contributed by atoms with Crippen LogP contribution in [0.5, 0.6) is 0 Å². The molecule has 2 unspecified atom stereocenters. The predicted octanol–water partition coefficient (Wildman–Crippen LogP) is 0.634. The highest BCUT2D eigenvalue weighted by Gasteiger charge is 2.50. The molecule has 2 aliphatic heterocycles. The van der Waals surface area contributed by atoms with Crippen LogP contribution in [0.1, 0.15) is 23.7 Å². The van der Waals surface area contributed by atoms with E-state index in [-0.39, 0.29) is 17.7 Å². The zero-order chi connectivity index (χ0) is 18.1. The topological polar surface area (TPSA) is 89.4 Å². The second-order valence-corrected chi connectivity index (χ2v) is 6.90. The molecule has 8 heteroatoms. The van der Waals surface area contributed by atoms with Crippen molar-refractivity contribution < 1.29 is 14.3 Å². The SMILES string of the molecule is CC(=O)NC12CCOCC1CN(C(=O)c1ccnc(-n3cccn3)c1)C2. The van der Waals surface area contributed by atoms with Gasteiger partial charge in [0, 0.05) is 56.7 Å². The van der Waals surface area contributed by atoms with Crippen LogP contribution in [0.4, 0.5) is 0 Å². The smallest absolute Gasteiger partial charge is 0.254 e. The van der Waals surface area contributed by atoms with E-state index in [1.54, 1.807) is 46.4 Å². The fourth-order valence-corrected chi connectivity index (χ4v) is 3.92. The maximum Gasteiger partial charge on any atom is 0.254 e. The molecule has 0 bridgehead atoms. The lowest BCUT2D eigenvalue weighted by atomic mass is 9.83. The van der Waals surface area contributed by atoms with Crippen molar-refractivity contribution in [3.63, 3.8) is 0 Å². The first-order chi connectivity index (χ1) is 12.6. The minimum absolute atomic E-state index is 0.0695. The van der Waals surface area contributed by atoms with Crippen molar-refractivity contribution in [3.8, 4) is 5.82 Å². The lowest BCUT2D eigenvalue weighted by Crippen LogP contribution is -2.57. The molecule has 2 fully saturated rings. The fraction of sp³-hybridized carbons (Fsp3) is 0.444. The standard InChI is InChI=1S/C18H21N5O3/c1-13(24)21-18-4-8-26-11-15(18)10-22(12-18)17(25)14-3-6-19-16(9-14)23-7-2-5-20-23/h2-3,5-7,9,15H,4,8,10-12H2,1H3,(H,21,24). The normalized spacial score (nSPS) is 25.0. The Bertz CT molecular complexity index is 822. The van der Waals surface area contributed by atoms with Gasteiger partial charge in [0.2, 0.25) is 5.91 Å². The number of ether oxygens (including phenoxy) is 1. The number of amides is 2. The monoisotopic (exact) mass is 355 g/mol. The van der Waals surface area contributed by atoms with Gasteiger partial charge in [0.05, 0.1) is 12.1 Å². The Morgan fingerprint density at radius 2 is 2.27 bits per heavy atom. The number of fused-ring (bicyclic) bond motifs is 1. The van der Waals surface area contributed by atoms with Gasteiger partial charge in [0.1, 0.15) is 0 Å². The van der Waals surface area contributed by atoms with Crippen molar-refractivity contribution in [3.05, 3.63) is 42.4 Å². The van der Waals surface area contributed by atoms with E-state index < -0.39 is 5.54 Å². The van der Waals surface area contributed by atoms with Gasteiger partial charge in [-0.25, -0.2) is 9.67 Å². The molecule has 0 aromatic carbocycles. The number of pyridine rings is 1. The molecule has 2 amide bonds. The molecule has 0 saturated carbocycles. The van der Waals surface area contributed by atoms with Gasteiger partial charge in [-0.2, -0.15) is 5.10 Å². The highest BCUT2D eigenvalue weighted by molar-refractivity contribution is 5.95. The molecule has 4 heterocycles. The summed E-state index contributed by atoms with van der Waals surface area (Å²) in [5, 5.41) is 7.24. The molecule has 2 saturated heterocycles.